The van der Waals surface area contributed by atoms with Gasteiger partial charge in [-0.2, -0.15) is 0 Å². The lowest BCUT2D eigenvalue weighted by Gasteiger charge is -2.40. The molecule has 1 aromatic carbocycles. The van der Waals surface area contributed by atoms with E-state index in [4.69, 9.17) is 4.74 Å². The van der Waals surface area contributed by atoms with Gasteiger partial charge in [0, 0.05) is 31.0 Å². The van der Waals surface area contributed by atoms with Crippen LogP contribution in [0.15, 0.2) is 43.0 Å². The molecule has 0 radical (unpaired) electrons. The number of aromatic nitrogens is 1. The Morgan fingerprint density at radius 2 is 2.00 bits per heavy atom. The van der Waals surface area contributed by atoms with E-state index < -0.39 is 11.6 Å². The third-order valence-corrected chi connectivity index (χ3v) is 4.99. The van der Waals surface area contributed by atoms with Gasteiger partial charge in [-0.15, -0.1) is 0 Å². The number of amides is 3. The second-order valence-corrected chi connectivity index (χ2v) is 6.74. The standard InChI is InChI=1S/C20H24N4O4/c1-3-12-28-19(27)24-10-8-20(9-11-24,18(26)21-2)23-17(25)16-13-14-6-4-5-7-15(14)22-16/h3-7,13,22H,1,8-12H2,2H3,(H,21,26)(H,23,25). The van der Waals surface area contributed by atoms with Crippen LogP contribution in [-0.2, 0) is 9.53 Å². The summed E-state index contributed by atoms with van der Waals surface area (Å²) in [4.78, 5) is 42.0. The molecule has 1 fully saturated rings. The van der Waals surface area contributed by atoms with Crippen LogP contribution in [0.4, 0.5) is 4.79 Å². The number of H-pyrrole nitrogens is 1. The average molecular weight is 384 g/mol. The van der Waals surface area contributed by atoms with Gasteiger partial charge in [0.25, 0.3) is 5.91 Å². The van der Waals surface area contributed by atoms with Gasteiger partial charge in [-0.3, -0.25) is 9.59 Å². The van der Waals surface area contributed by atoms with E-state index in [1.54, 1.807) is 6.07 Å². The summed E-state index contributed by atoms with van der Waals surface area (Å²) in [7, 11) is 1.53. The van der Waals surface area contributed by atoms with Crippen LogP contribution >= 0.6 is 0 Å². The molecule has 8 heteroatoms. The van der Waals surface area contributed by atoms with Crippen molar-refractivity contribution in [1.82, 2.24) is 20.5 Å². The normalized spacial score (nSPS) is 15.7. The Bertz CT molecular complexity index is 863. The third kappa shape index (κ3) is 3.85. The van der Waals surface area contributed by atoms with E-state index in [2.05, 4.69) is 22.2 Å². The number of rotatable bonds is 5. The van der Waals surface area contributed by atoms with E-state index in [-0.39, 0.29) is 18.4 Å². The smallest absolute Gasteiger partial charge is 0.410 e. The molecule has 0 unspecified atom stereocenters. The largest absolute Gasteiger partial charge is 0.445 e. The van der Waals surface area contributed by atoms with Crippen molar-refractivity contribution in [2.24, 2.45) is 0 Å². The van der Waals surface area contributed by atoms with Crippen LogP contribution in [-0.4, -0.2) is 60.1 Å². The number of nitrogens with one attached hydrogen (secondary N) is 3. The van der Waals surface area contributed by atoms with E-state index in [0.29, 0.717) is 31.6 Å². The van der Waals surface area contributed by atoms with Crippen LogP contribution in [0, 0.1) is 0 Å². The molecule has 3 rings (SSSR count). The molecular weight excluding hydrogens is 360 g/mol. The molecule has 8 nitrogen and oxygen atoms in total. The highest BCUT2D eigenvalue weighted by molar-refractivity contribution is 6.01. The van der Waals surface area contributed by atoms with Gasteiger partial charge in [-0.25, -0.2) is 4.79 Å². The highest BCUT2D eigenvalue weighted by Gasteiger charge is 2.43. The molecule has 1 aromatic heterocycles. The van der Waals surface area contributed by atoms with Gasteiger partial charge in [0.2, 0.25) is 5.91 Å². The Kier molecular flexibility index (Phi) is 5.67. The number of likely N-dealkylation sites (tertiary alicyclic amines) is 1. The Morgan fingerprint density at radius 3 is 2.64 bits per heavy atom. The molecule has 148 valence electrons. The second kappa shape index (κ2) is 8.16. The monoisotopic (exact) mass is 384 g/mol. The van der Waals surface area contributed by atoms with Crippen molar-refractivity contribution in [2.75, 3.05) is 26.7 Å². The summed E-state index contributed by atoms with van der Waals surface area (Å²) in [5, 5.41) is 6.43. The van der Waals surface area contributed by atoms with Crippen molar-refractivity contribution in [2.45, 2.75) is 18.4 Å². The minimum absolute atomic E-state index is 0.132. The SMILES string of the molecule is C=CCOC(=O)N1CCC(NC(=O)c2cc3ccccc3[nH]2)(C(=O)NC)CC1. The first-order valence-corrected chi connectivity index (χ1v) is 9.14. The number of hydrogen-bond acceptors (Lipinski definition) is 4. The predicted molar refractivity (Wildman–Crippen MR) is 105 cm³/mol. The molecule has 0 saturated carbocycles. The minimum atomic E-state index is -1.08. The first kappa shape index (κ1) is 19.5. The summed E-state index contributed by atoms with van der Waals surface area (Å²) in [6, 6.07) is 9.32. The molecule has 0 spiro atoms. The van der Waals surface area contributed by atoms with Gasteiger partial charge in [0.1, 0.15) is 17.8 Å². The summed E-state index contributed by atoms with van der Waals surface area (Å²) in [5.74, 6) is -0.640. The molecular formula is C20H24N4O4. The van der Waals surface area contributed by atoms with Crippen LogP contribution < -0.4 is 10.6 Å². The highest BCUT2D eigenvalue weighted by Crippen LogP contribution is 2.24. The Morgan fingerprint density at radius 1 is 1.29 bits per heavy atom. The quantitative estimate of drug-likeness (QED) is 0.684. The fraction of sp³-hybridized carbons (Fsp3) is 0.350. The first-order valence-electron chi connectivity index (χ1n) is 9.14. The zero-order chi connectivity index (χ0) is 20.1. The Balaban J connectivity index is 1.74. The number of piperidine rings is 1. The van der Waals surface area contributed by atoms with E-state index in [9.17, 15) is 14.4 Å². The molecule has 2 aromatic rings. The lowest BCUT2D eigenvalue weighted by Crippen LogP contribution is -2.63. The molecule has 28 heavy (non-hydrogen) atoms. The predicted octanol–water partition coefficient (Wildman–Crippen LogP) is 1.80. The summed E-state index contributed by atoms with van der Waals surface area (Å²) in [6.07, 6.45) is 1.63. The lowest BCUT2D eigenvalue weighted by atomic mass is 9.86. The van der Waals surface area contributed by atoms with Crippen LogP contribution in [0.3, 0.4) is 0 Å². The zero-order valence-corrected chi connectivity index (χ0v) is 15.8. The average Bonchev–Trinajstić information content (AvgIpc) is 3.16. The third-order valence-electron chi connectivity index (χ3n) is 4.99. The summed E-state index contributed by atoms with van der Waals surface area (Å²) in [5.41, 5.74) is 0.150. The molecule has 1 aliphatic rings. The molecule has 0 atom stereocenters. The van der Waals surface area contributed by atoms with Crippen molar-refractivity contribution in [3.8, 4) is 0 Å². The van der Waals surface area contributed by atoms with E-state index in [1.165, 1.54) is 18.0 Å². The number of carbonyl (C=O) groups is 3. The molecule has 1 saturated heterocycles. The number of para-hydroxylation sites is 1. The molecule has 3 N–H and O–H groups in total. The maximum Gasteiger partial charge on any atom is 0.410 e. The maximum atomic E-state index is 12.8. The van der Waals surface area contributed by atoms with E-state index >= 15 is 0 Å². The van der Waals surface area contributed by atoms with Crippen molar-refractivity contribution in [3.05, 3.63) is 48.7 Å². The first-order chi connectivity index (χ1) is 13.5. The lowest BCUT2D eigenvalue weighted by molar-refractivity contribution is -0.128. The van der Waals surface area contributed by atoms with Gasteiger partial charge in [-0.1, -0.05) is 30.9 Å². The zero-order valence-electron chi connectivity index (χ0n) is 15.8. The van der Waals surface area contributed by atoms with E-state index in [0.717, 1.165) is 10.9 Å². The van der Waals surface area contributed by atoms with Crippen molar-refractivity contribution >= 4 is 28.8 Å². The molecule has 2 heterocycles. The molecule has 1 aliphatic heterocycles. The van der Waals surface area contributed by atoms with Gasteiger partial charge in [0.15, 0.2) is 0 Å². The minimum Gasteiger partial charge on any atom is -0.445 e. The Labute approximate surface area is 162 Å². The van der Waals surface area contributed by atoms with Gasteiger partial charge >= 0.3 is 6.09 Å². The van der Waals surface area contributed by atoms with Crippen LogP contribution in [0.2, 0.25) is 0 Å². The van der Waals surface area contributed by atoms with Crippen molar-refractivity contribution in [1.29, 1.82) is 0 Å². The molecule has 0 aliphatic carbocycles. The van der Waals surface area contributed by atoms with Gasteiger partial charge < -0.3 is 25.3 Å². The van der Waals surface area contributed by atoms with Crippen LogP contribution in [0.5, 0.6) is 0 Å². The number of hydrogen-bond donors (Lipinski definition) is 3. The van der Waals surface area contributed by atoms with Crippen LogP contribution in [0.25, 0.3) is 10.9 Å². The number of likely N-dealkylation sites (N-methyl/N-ethyl adjacent to an activating group) is 1. The molecule has 0 bridgehead atoms. The topological polar surface area (TPSA) is 104 Å². The fourth-order valence-electron chi connectivity index (χ4n) is 3.42. The Hall–Kier alpha value is -3.29. The highest BCUT2D eigenvalue weighted by atomic mass is 16.6. The van der Waals surface area contributed by atoms with Gasteiger partial charge in [-0.05, 0) is 25.0 Å². The van der Waals surface area contributed by atoms with Gasteiger partial charge in [0.05, 0.1) is 0 Å². The molecule has 3 amide bonds. The number of ether oxygens (including phenoxy) is 1. The summed E-state index contributed by atoms with van der Waals surface area (Å²) >= 11 is 0. The van der Waals surface area contributed by atoms with E-state index in [1.807, 2.05) is 24.3 Å². The number of fused-ring (bicyclic) bond motifs is 1. The summed E-state index contributed by atoms with van der Waals surface area (Å²) in [6.45, 7) is 4.25. The maximum absolute atomic E-state index is 12.8. The van der Waals surface area contributed by atoms with Crippen molar-refractivity contribution in [3.63, 3.8) is 0 Å². The number of nitrogens with zero attached hydrogens (tertiary/aromatic N) is 1. The number of aromatic amines is 1. The second-order valence-electron chi connectivity index (χ2n) is 6.74. The number of benzene rings is 1. The van der Waals surface area contributed by atoms with Crippen molar-refractivity contribution < 1.29 is 19.1 Å². The van der Waals surface area contributed by atoms with Crippen LogP contribution in [0.1, 0.15) is 23.3 Å². The fourth-order valence-corrected chi connectivity index (χ4v) is 3.42. The number of carbonyl (C=O) groups excluding carboxylic acids is 3. The summed E-state index contributed by atoms with van der Waals surface area (Å²) < 4.78 is 5.05.